The molecule has 5 rings (SSSR count). The Bertz CT molecular complexity index is 1490. The lowest BCUT2D eigenvalue weighted by Gasteiger charge is -2.14. The summed E-state index contributed by atoms with van der Waals surface area (Å²) in [5, 5.41) is 5.77. The summed E-state index contributed by atoms with van der Waals surface area (Å²) in [7, 11) is 0. The topological polar surface area (TPSA) is 59.9 Å². The van der Waals surface area contributed by atoms with Crippen molar-refractivity contribution in [1.29, 1.82) is 0 Å². The number of nitrogens with zero attached hydrogens (tertiary/aromatic N) is 1. The molecule has 36 heavy (non-hydrogen) atoms. The molecule has 1 aliphatic rings. The molecule has 1 amide bonds. The van der Waals surface area contributed by atoms with E-state index in [0.29, 0.717) is 34.8 Å². The zero-order valence-electron chi connectivity index (χ0n) is 20.2. The van der Waals surface area contributed by atoms with E-state index in [1.807, 2.05) is 80.6 Å². The summed E-state index contributed by atoms with van der Waals surface area (Å²) >= 11 is 1.32. The van der Waals surface area contributed by atoms with E-state index < -0.39 is 0 Å². The van der Waals surface area contributed by atoms with E-state index in [0.717, 1.165) is 22.4 Å². The van der Waals surface area contributed by atoms with Gasteiger partial charge in [0.05, 0.1) is 17.2 Å². The second-order valence-corrected chi connectivity index (χ2v) is 9.42. The van der Waals surface area contributed by atoms with Gasteiger partial charge >= 0.3 is 0 Å². The van der Waals surface area contributed by atoms with Gasteiger partial charge in [0.2, 0.25) is 0 Å². The standard InChI is InChI=1S/C30H26N2O3S/c1-3-34-27-17-21(18-28-29(33)32-30(36-28)31-24-12-6-8-20(2)16-24)14-15-26(27)35-19-23-11-7-10-22-9-4-5-13-25(22)23/h4-18H,3,19H2,1-2H3,(H,31,32,33). The Morgan fingerprint density at radius 3 is 2.61 bits per heavy atom. The first kappa shape index (κ1) is 23.7. The lowest BCUT2D eigenvalue weighted by molar-refractivity contribution is -0.115. The van der Waals surface area contributed by atoms with Gasteiger partial charge in [-0.15, -0.1) is 0 Å². The van der Waals surface area contributed by atoms with Crippen LogP contribution in [0.15, 0.2) is 94.8 Å². The van der Waals surface area contributed by atoms with Crippen LogP contribution in [0, 0.1) is 6.92 Å². The summed E-state index contributed by atoms with van der Waals surface area (Å²) < 4.78 is 12.0. The minimum absolute atomic E-state index is 0.166. The van der Waals surface area contributed by atoms with Crippen molar-refractivity contribution in [2.45, 2.75) is 20.5 Å². The maximum Gasteiger partial charge on any atom is 0.264 e. The molecule has 0 bridgehead atoms. The monoisotopic (exact) mass is 494 g/mol. The second kappa shape index (κ2) is 10.7. The van der Waals surface area contributed by atoms with Gasteiger partial charge in [0.15, 0.2) is 16.7 Å². The highest BCUT2D eigenvalue weighted by atomic mass is 32.2. The van der Waals surface area contributed by atoms with Gasteiger partial charge < -0.3 is 14.8 Å². The van der Waals surface area contributed by atoms with Gasteiger partial charge in [0.25, 0.3) is 5.91 Å². The van der Waals surface area contributed by atoms with Crippen LogP contribution in [0.3, 0.4) is 0 Å². The maximum atomic E-state index is 12.6. The average Bonchev–Trinajstić information content (AvgIpc) is 3.21. The van der Waals surface area contributed by atoms with Gasteiger partial charge in [-0.05, 0) is 83.4 Å². The zero-order chi connectivity index (χ0) is 24.9. The van der Waals surface area contributed by atoms with Crippen LogP contribution >= 0.6 is 11.8 Å². The van der Waals surface area contributed by atoms with Crippen molar-refractivity contribution in [3.63, 3.8) is 0 Å². The van der Waals surface area contributed by atoms with Crippen molar-refractivity contribution in [3.05, 3.63) is 107 Å². The highest BCUT2D eigenvalue weighted by Crippen LogP contribution is 2.33. The number of carbonyl (C=O) groups excluding carboxylic acids is 1. The summed E-state index contributed by atoms with van der Waals surface area (Å²) in [5.74, 6) is 1.14. The molecule has 1 fully saturated rings. The van der Waals surface area contributed by atoms with Gasteiger partial charge in [-0.1, -0.05) is 60.7 Å². The highest BCUT2D eigenvalue weighted by molar-refractivity contribution is 8.18. The Kier molecular flexibility index (Phi) is 7.05. The van der Waals surface area contributed by atoms with Crippen LogP contribution < -0.4 is 14.8 Å². The summed E-state index contributed by atoms with van der Waals surface area (Å²) in [4.78, 5) is 17.7. The number of hydrogen-bond donors (Lipinski definition) is 1. The van der Waals surface area contributed by atoms with Gasteiger partial charge in [-0.3, -0.25) is 4.79 Å². The number of benzene rings is 4. The molecule has 1 heterocycles. The number of hydrogen-bond acceptors (Lipinski definition) is 5. The van der Waals surface area contributed by atoms with Crippen molar-refractivity contribution in [2.75, 3.05) is 6.61 Å². The van der Waals surface area contributed by atoms with Crippen LogP contribution in [-0.4, -0.2) is 17.7 Å². The first-order chi connectivity index (χ1) is 17.6. The minimum Gasteiger partial charge on any atom is -0.490 e. The number of carbonyl (C=O) groups is 1. The third-order valence-corrected chi connectivity index (χ3v) is 6.62. The number of thioether (sulfide) groups is 1. The van der Waals surface area contributed by atoms with E-state index in [-0.39, 0.29) is 5.91 Å². The molecular weight excluding hydrogens is 468 g/mol. The smallest absolute Gasteiger partial charge is 0.264 e. The van der Waals surface area contributed by atoms with Crippen molar-refractivity contribution in [1.82, 2.24) is 5.32 Å². The number of amidine groups is 1. The van der Waals surface area contributed by atoms with E-state index >= 15 is 0 Å². The molecule has 4 aromatic carbocycles. The van der Waals surface area contributed by atoms with Crippen molar-refractivity contribution in [3.8, 4) is 11.5 Å². The predicted molar refractivity (Wildman–Crippen MR) is 148 cm³/mol. The van der Waals surface area contributed by atoms with Crippen LogP contribution in [0.1, 0.15) is 23.6 Å². The van der Waals surface area contributed by atoms with E-state index in [4.69, 9.17) is 9.47 Å². The molecule has 6 heteroatoms. The third kappa shape index (κ3) is 5.44. The molecule has 1 aliphatic heterocycles. The van der Waals surface area contributed by atoms with Crippen LogP contribution in [0.25, 0.3) is 16.8 Å². The SMILES string of the molecule is CCOc1cc(C=C2SC(=Nc3cccc(C)c3)NC2=O)ccc1OCc1cccc2ccccc12. The molecule has 0 spiro atoms. The molecule has 1 N–H and O–H groups in total. The summed E-state index contributed by atoms with van der Waals surface area (Å²) in [6.45, 7) is 4.89. The predicted octanol–water partition coefficient (Wildman–Crippen LogP) is 7.02. The lowest BCUT2D eigenvalue weighted by Crippen LogP contribution is -2.19. The van der Waals surface area contributed by atoms with E-state index in [9.17, 15) is 4.79 Å². The fraction of sp³-hybridized carbons (Fsp3) is 0.133. The molecule has 0 aromatic heterocycles. The second-order valence-electron chi connectivity index (χ2n) is 8.39. The Labute approximate surface area is 214 Å². The third-order valence-electron chi connectivity index (χ3n) is 5.71. The summed E-state index contributed by atoms with van der Waals surface area (Å²) in [6.07, 6.45) is 1.84. The number of amides is 1. The molecule has 0 atom stereocenters. The first-order valence-corrected chi connectivity index (χ1v) is 12.6. The molecule has 4 aromatic rings. The van der Waals surface area contributed by atoms with E-state index in [2.05, 4.69) is 34.6 Å². The molecule has 1 saturated heterocycles. The lowest BCUT2D eigenvalue weighted by atomic mass is 10.1. The number of ether oxygens (including phenoxy) is 2. The molecule has 0 unspecified atom stereocenters. The van der Waals surface area contributed by atoms with Crippen LogP contribution in [0.2, 0.25) is 0 Å². The number of rotatable bonds is 7. The largest absolute Gasteiger partial charge is 0.490 e. The number of nitrogens with one attached hydrogen (secondary N) is 1. The summed E-state index contributed by atoms with van der Waals surface area (Å²) in [5.41, 5.74) is 3.89. The molecule has 180 valence electrons. The number of fused-ring (bicyclic) bond motifs is 1. The normalized spacial score (nSPS) is 15.4. The Balaban J connectivity index is 1.35. The highest BCUT2D eigenvalue weighted by Gasteiger charge is 2.24. The Morgan fingerprint density at radius 1 is 0.917 bits per heavy atom. The summed E-state index contributed by atoms with van der Waals surface area (Å²) in [6, 6.07) is 28.1. The van der Waals surface area contributed by atoms with Gasteiger partial charge in [0.1, 0.15) is 6.61 Å². The van der Waals surface area contributed by atoms with Crippen LogP contribution in [-0.2, 0) is 11.4 Å². The zero-order valence-corrected chi connectivity index (χ0v) is 21.0. The van der Waals surface area contributed by atoms with Crippen LogP contribution in [0.4, 0.5) is 5.69 Å². The maximum absolute atomic E-state index is 12.6. The van der Waals surface area contributed by atoms with Crippen molar-refractivity contribution < 1.29 is 14.3 Å². The van der Waals surface area contributed by atoms with E-state index in [1.165, 1.54) is 22.5 Å². The Hall–Kier alpha value is -4.03. The minimum atomic E-state index is -0.166. The van der Waals surface area contributed by atoms with Gasteiger partial charge in [-0.25, -0.2) is 4.99 Å². The van der Waals surface area contributed by atoms with Crippen LogP contribution in [0.5, 0.6) is 11.5 Å². The van der Waals surface area contributed by atoms with Gasteiger partial charge in [-0.2, -0.15) is 0 Å². The first-order valence-electron chi connectivity index (χ1n) is 11.8. The average molecular weight is 495 g/mol. The Morgan fingerprint density at radius 2 is 1.75 bits per heavy atom. The van der Waals surface area contributed by atoms with Crippen molar-refractivity contribution in [2.24, 2.45) is 4.99 Å². The van der Waals surface area contributed by atoms with Crippen molar-refractivity contribution >= 4 is 45.4 Å². The molecule has 0 aliphatic carbocycles. The molecular formula is C30H26N2O3S. The molecule has 0 radical (unpaired) electrons. The van der Waals surface area contributed by atoms with Gasteiger partial charge in [0, 0.05) is 0 Å². The number of aryl methyl sites for hydroxylation is 1. The fourth-order valence-corrected chi connectivity index (χ4v) is 4.86. The molecule has 5 nitrogen and oxygen atoms in total. The molecule has 0 saturated carbocycles. The quantitative estimate of drug-likeness (QED) is 0.281. The van der Waals surface area contributed by atoms with E-state index in [1.54, 1.807) is 0 Å². The number of aliphatic imine (C=N–C) groups is 1. The fourth-order valence-electron chi connectivity index (χ4n) is 4.02.